The van der Waals surface area contributed by atoms with Gasteiger partial charge in [-0.25, -0.2) is 12.8 Å². The number of ketones is 1. The van der Waals surface area contributed by atoms with Gasteiger partial charge in [0.15, 0.2) is 15.6 Å². The summed E-state index contributed by atoms with van der Waals surface area (Å²) in [6.45, 7) is 1.30. The fourth-order valence-electron chi connectivity index (χ4n) is 3.77. The number of likely N-dealkylation sites (tertiary alicyclic amines) is 1. The lowest BCUT2D eigenvalue weighted by Crippen LogP contribution is -2.46. The number of carbonyl (C=O) groups is 1. The molecule has 0 aliphatic carbocycles. The van der Waals surface area contributed by atoms with Crippen molar-refractivity contribution in [3.63, 3.8) is 0 Å². The second kappa shape index (κ2) is 9.15. The lowest BCUT2D eigenvalue weighted by atomic mass is 9.93. The molecule has 29 heavy (non-hydrogen) atoms. The molecule has 1 aliphatic heterocycles. The Hall–Kier alpha value is -2.09. The number of hydrogen-bond acceptors (Lipinski definition) is 5. The van der Waals surface area contributed by atoms with Crippen LogP contribution >= 0.6 is 0 Å². The van der Waals surface area contributed by atoms with Crippen LogP contribution in [0.5, 0.6) is 0 Å². The highest BCUT2D eigenvalue weighted by atomic mass is 32.2. The first kappa shape index (κ1) is 21.6. The first-order valence-corrected chi connectivity index (χ1v) is 11.6. The molecule has 1 heterocycles. The summed E-state index contributed by atoms with van der Waals surface area (Å²) in [5, 5.41) is 0. The molecule has 0 N–H and O–H groups in total. The summed E-state index contributed by atoms with van der Waals surface area (Å²) in [5.41, 5.74) is 1.37. The number of hydrogen-bond donors (Lipinski definition) is 0. The van der Waals surface area contributed by atoms with Crippen molar-refractivity contribution in [2.24, 2.45) is 0 Å². The molecule has 1 saturated heterocycles. The molecule has 2 aromatic carbocycles. The molecule has 0 saturated carbocycles. The standard InChI is InChI=1S/C22H26FNO4S/c1-28-21(16-8-12-19(13-9-16)29(2,26)27)15-24-14-4-3-5-20(24)22(25)17-6-10-18(23)11-7-17/h6-13,20-21H,3-5,14-15H2,1-2H3. The fraction of sp³-hybridized carbons (Fsp3) is 0.409. The van der Waals surface area contributed by atoms with Gasteiger partial charge in [0.1, 0.15) is 5.82 Å². The van der Waals surface area contributed by atoms with E-state index in [0.29, 0.717) is 12.1 Å². The average Bonchev–Trinajstić information content (AvgIpc) is 2.72. The van der Waals surface area contributed by atoms with Crippen LogP contribution in [0, 0.1) is 5.82 Å². The summed E-state index contributed by atoms with van der Waals surface area (Å²) in [7, 11) is -1.65. The zero-order chi connectivity index (χ0) is 21.0. The molecular weight excluding hydrogens is 393 g/mol. The summed E-state index contributed by atoms with van der Waals surface area (Å²) < 4.78 is 42.2. The number of nitrogens with zero attached hydrogens (tertiary/aromatic N) is 1. The molecule has 0 spiro atoms. The van der Waals surface area contributed by atoms with Crippen molar-refractivity contribution < 1.29 is 22.3 Å². The second-order valence-electron chi connectivity index (χ2n) is 7.44. The number of methoxy groups -OCH3 is 1. The summed E-state index contributed by atoms with van der Waals surface area (Å²) in [6.07, 6.45) is 3.60. The van der Waals surface area contributed by atoms with Gasteiger partial charge in [-0.1, -0.05) is 18.6 Å². The van der Waals surface area contributed by atoms with Crippen LogP contribution in [-0.4, -0.2) is 51.6 Å². The van der Waals surface area contributed by atoms with Gasteiger partial charge in [-0.2, -0.15) is 0 Å². The van der Waals surface area contributed by atoms with E-state index in [2.05, 4.69) is 4.90 Å². The van der Waals surface area contributed by atoms with Gasteiger partial charge in [0.25, 0.3) is 0 Å². The molecule has 7 heteroatoms. The van der Waals surface area contributed by atoms with Crippen LogP contribution in [0.4, 0.5) is 4.39 Å². The van der Waals surface area contributed by atoms with E-state index in [0.717, 1.165) is 31.4 Å². The summed E-state index contributed by atoms with van der Waals surface area (Å²) in [5.74, 6) is -0.369. The number of piperidine rings is 1. The number of rotatable bonds is 7. The largest absolute Gasteiger partial charge is 0.375 e. The third kappa shape index (κ3) is 5.29. The number of benzene rings is 2. The van der Waals surface area contributed by atoms with Gasteiger partial charge < -0.3 is 4.74 Å². The Balaban J connectivity index is 1.77. The average molecular weight is 420 g/mol. The van der Waals surface area contributed by atoms with Crippen molar-refractivity contribution in [1.82, 2.24) is 4.90 Å². The van der Waals surface area contributed by atoms with E-state index in [9.17, 15) is 17.6 Å². The van der Waals surface area contributed by atoms with Crippen LogP contribution < -0.4 is 0 Å². The van der Waals surface area contributed by atoms with Gasteiger partial charge in [0, 0.05) is 25.5 Å². The van der Waals surface area contributed by atoms with Gasteiger partial charge >= 0.3 is 0 Å². The molecule has 0 amide bonds. The maximum Gasteiger partial charge on any atom is 0.179 e. The number of carbonyl (C=O) groups excluding carboxylic acids is 1. The molecule has 2 atom stereocenters. The molecule has 0 aromatic heterocycles. The molecule has 5 nitrogen and oxygen atoms in total. The Morgan fingerprint density at radius 1 is 1.14 bits per heavy atom. The Labute approximate surface area is 171 Å². The third-order valence-corrected chi connectivity index (χ3v) is 6.54. The molecule has 1 fully saturated rings. The smallest absolute Gasteiger partial charge is 0.179 e. The van der Waals surface area contributed by atoms with Crippen LogP contribution in [0.3, 0.4) is 0 Å². The molecule has 0 bridgehead atoms. The van der Waals surface area contributed by atoms with E-state index in [1.807, 2.05) is 0 Å². The highest BCUT2D eigenvalue weighted by Gasteiger charge is 2.31. The maximum absolute atomic E-state index is 13.2. The predicted molar refractivity (Wildman–Crippen MR) is 109 cm³/mol. The van der Waals surface area contributed by atoms with Crippen LogP contribution in [0.25, 0.3) is 0 Å². The van der Waals surface area contributed by atoms with Crippen LogP contribution in [0.1, 0.15) is 41.3 Å². The van der Waals surface area contributed by atoms with Gasteiger partial charge in [-0.05, 0) is 61.3 Å². The lowest BCUT2D eigenvalue weighted by molar-refractivity contribution is 0.0334. The minimum Gasteiger partial charge on any atom is -0.375 e. The van der Waals surface area contributed by atoms with Crippen molar-refractivity contribution >= 4 is 15.6 Å². The van der Waals surface area contributed by atoms with Crippen LogP contribution in [-0.2, 0) is 14.6 Å². The number of halogens is 1. The molecule has 2 unspecified atom stereocenters. The molecular formula is C22H26FNO4S. The number of ether oxygens (including phenoxy) is 1. The topological polar surface area (TPSA) is 63.7 Å². The molecule has 2 aromatic rings. The number of sulfone groups is 1. The van der Waals surface area contributed by atoms with E-state index in [-0.39, 0.29) is 28.6 Å². The summed E-state index contributed by atoms with van der Waals surface area (Å²) in [6, 6.07) is 12.1. The van der Waals surface area contributed by atoms with Crippen molar-refractivity contribution in [3.8, 4) is 0 Å². The minimum atomic E-state index is -3.26. The van der Waals surface area contributed by atoms with E-state index in [1.165, 1.54) is 30.5 Å². The number of Topliss-reactive ketones (excluding diaryl/α,β-unsaturated/α-hetero) is 1. The van der Waals surface area contributed by atoms with Crippen LogP contribution in [0.15, 0.2) is 53.4 Å². The maximum atomic E-state index is 13.2. The summed E-state index contributed by atoms with van der Waals surface area (Å²) >= 11 is 0. The first-order chi connectivity index (χ1) is 13.8. The first-order valence-electron chi connectivity index (χ1n) is 9.66. The van der Waals surface area contributed by atoms with Gasteiger partial charge in [0.2, 0.25) is 0 Å². The van der Waals surface area contributed by atoms with E-state index >= 15 is 0 Å². The Bertz CT molecular complexity index is 942. The SMILES string of the molecule is COC(CN1CCCCC1C(=O)c1ccc(F)cc1)c1ccc(S(C)(=O)=O)cc1. The van der Waals surface area contributed by atoms with Crippen molar-refractivity contribution in [2.45, 2.75) is 36.3 Å². The quantitative estimate of drug-likeness (QED) is 0.641. The van der Waals surface area contributed by atoms with Crippen molar-refractivity contribution in [2.75, 3.05) is 26.5 Å². The predicted octanol–water partition coefficient (Wildman–Crippen LogP) is 3.65. The zero-order valence-corrected chi connectivity index (χ0v) is 17.5. The van der Waals surface area contributed by atoms with E-state index in [4.69, 9.17) is 4.74 Å². The minimum absolute atomic E-state index is 0.00743. The van der Waals surface area contributed by atoms with Crippen molar-refractivity contribution in [3.05, 3.63) is 65.5 Å². The van der Waals surface area contributed by atoms with E-state index in [1.54, 1.807) is 31.4 Å². The Kier molecular flexibility index (Phi) is 6.82. The Morgan fingerprint density at radius 2 is 1.79 bits per heavy atom. The summed E-state index contributed by atoms with van der Waals surface area (Å²) in [4.78, 5) is 15.4. The highest BCUT2D eigenvalue weighted by Crippen LogP contribution is 2.26. The molecule has 156 valence electrons. The molecule has 0 radical (unpaired) electrons. The lowest BCUT2D eigenvalue weighted by Gasteiger charge is -2.36. The van der Waals surface area contributed by atoms with Crippen LogP contribution in [0.2, 0.25) is 0 Å². The molecule has 3 rings (SSSR count). The van der Waals surface area contributed by atoms with E-state index < -0.39 is 9.84 Å². The van der Waals surface area contributed by atoms with Crippen molar-refractivity contribution in [1.29, 1.82) is 0 Å². The van der Waals surface area contributed by atoms with Gasteiger partial charge in [-0.3, -0.25) is 9.69 Å². The fourth-order valence-corrected chi connectivity index (χ4v) is 4.40. The third-order valence-electron chi connectivity index (χ3n) is 5.41. The monoisotopic (exact) mass is 419 g/mol. The molecule has 1 aliphatic rings. The zero-order valence-electron chi connectivity index (χ0n) is 16.7. The highest BCUT2D eigenvalue weighted by molar-refractivity contribution is 7.90. The second-order valence-corrected chi connectivity index (χ2v) is 9.46. The van der Waals surface area contributed by atoms with Gasteiger partial charge in [0.05, 0.1) is 17.0 Å². The van der Waals surface area contributed by atoms with Gasteiger partial charge in [-0.15, -0.1) is 0 Å². The Morgan fingerprint density at radius 3 is 2.38 bits per heavy atom. The normalized spacial score (nSPS) is 19.1.